The molecule has 1 aliphatic rings. The van der Waals surface area contributed by atoms with E-state index in [-0.39, 0.29) is 0 Å². The van der Waals surface area contributed by atoms with Crippen molar-refractivity contribution in [1.82, 2.24) is 9.88 Å². The van der Waals surface area contributed by atoms with Crippen molar-refractivity contribution in [2.75, 3.05) is 13.1 Å². The Kier molecular flexibility index (Phi) is 3.61. The number of rotatable bonds is 4. The molecule has 0 amide bonds. The number of oxazole rings is 1. The van der Waals surface area contributed by atoms with E-state index in [4.69, 9.17) is 10.2 Å². The van der Waals surface area contributed by atoms with Crippen molar-refractivity contribution in [3.05, 3.63) is 17.8 Å². The molecule has 0 radical (unpaired) electrons. The molecule has 16 heavy (non-hydrogen) atoms. The van der Waals surface area contributed by atoms with Crippen LogP contribution in [0, 0.1) is 0 Å². The minimum Gasteiger partial charge on any atom is -0.444 e. The largest absolute Gasteiger partial charge is 0.444 e. The fourth-order valence-electron chi connectivity index (χ4n) is 2.41. The number of nitrogens with zero attached hydrogens (tertiary/aromatic N) is 2. The predicted octanol–water partition coefficient (Wildman–Crippen LogP) is 1.72. The van der Waals surface area contributed by atoms with Gasteiger partial charge in [0.25, 0.3) is 0 Å². The normalized spacial score (nSPS) is 22.1. The highest BCUT2D eigenvalue weighted by atomic mass is 16.4. The van der Waals surface area contributed by atoms with Gasteiger partial charge in [-0.1, -0.05) is 0 Å². The first kappa shape index (κ1) is 11.6. The molecule has 2 heterocycles. The summed E-state index contributed by atoms with van der Waals surface area (Å²) in [5.41, 5.74) is 5.50. The Labute approximate surface area is 96.8 Å². The first-order chi connectivity index (χ1) is 7.72. The number of hydrogen-bond donors (Lipinski definition) is 1. The van der Waals surface area contributed by atoms with Gasteiger partial charge in [-0.05, 0) is 39.8 Å². The molecule has 4 heteroatoms. The number of likely N-dealkylation sites (tertiary alicyclic amines) is 1. The smallest absolute Gasteiger partial charge is 0.211 e. The Hall–Kier alpha value is -0.870. The number of hydrogen-bond acceptors (Lipinski definition) is 4. The van der Waals surface area contributed by atoms with Crippen molar-refractivity contribution in [2.24, 2.45) is 5.73 Å². The van der Waals surface area contributed by atoms with Gasteiger partial charge < -0.3 is 10.2 Å². The summed E-state index contributed by atoms with van der Waals surface area (Å²) in [6.45, 7) is 6.22. The third-order valence-electron chi connectivity index (χ3n) is 3.20. The summed E-state index contributed by atoms with van der Waals surface area (Å²) in [5, 5.41) is 0. The van der Waals surface area contributed by atoms with Crippen LogP contribution in [0.25, 0.3) is 0 Å². The van der Waals surface area contributed by atoms with Gasteiger partial charge in [-0.25, -0.2) is 4.98 Å². The van der Waals surface area contributed by atoms with E-state index in [1.54, 1.807) is 0 Å². The van der Waals surface area contributed by atoms with Crippen LogP contribution in [0.1, 0.15) is 44.4 Å². The summed E-state index contributed by atoms with van der Waals surface area (Å²) < 4.78 is 5.76. The molecular weight excluding hydrogens is 202 g/mol. The molecule has 1 fully saturated rings. The van der Waals surface area contributed by atoms with Crippen LogP contribution in [0.5, 0.6) is 0 Å². The lowest BCUT2D eigenvalue weighted by molar-refractivity contribution is 0.178. The van der Waals surface area contributed by atoms with Gasteiger partial charge in [-0.15, -0.1) is 0 Å². The summed E-state index contributed by atoms with van der Waals surface area (Å²) in [7, 11) is 0. The maximum atomic E-state index is 5.76. The van der Waals surface area contributed by atoms with E-state index in [2.05, 4.69) is 23.7 Å². The van der Waals surface area contributed by atoms with E-state index < -0.39 is 0 Å². The molecule has 1 aliphatic heterocycles. The highest BCUT2D eigenvalue weighted by molar-refractivity contribution is 5.01. The topological polar surface area (TPSA) is 55.3 Å². The maximum absolute atomic E-state index is 5.76. The minimum atomic E-state index is 0.367. The summed E-state index contributed by atoms with van der Waals surface area (Å²) in [6.07, 6.45) is 4.98. The van der Waals surface area contributed by atoms with E-state index in [9.17, 15) is 0 Å². The molecule has 0 saturated carbocycles. The molecule has 1 atom stereocenters. The van der Waals surface area contributed by atoms with Crippen molar-refractivity contribution >= 4 is 0 Å². The molecule has 1 aromatic heterocycles. The van der Waals surface area contributed by atoms with Crippen molar-refractivity contribution in [1.29, 1.82) is 0 Å². The van der Waals surface area contributed by atoms with Crippen LogP contribution in [-0.2, 0) is 6.42 Å². The molecule has 1 saturated heterocycles. The highest BCUT2D eigenvalue weighted by Crippen LogP contribution is 2.32. The zero-order chi connectivity index (χ0) is 11.5. The Morgan fingerprint density at radius 2 is 2.44 bits per heavy atom. The molecule has 2 N–H and O–H groups in total. The third kappa shape index (κ3) is 2.28. The van der Waals surface area contributed by atoms with E-state index in [1.165, 1.54) is 6.42 Å². The molecular formula is C12H21N3O. The van der Waals surface area contributed by atoms with Gasteiger partial charge in [-0.3, -0.25) is 4.90 Å². The lowest BCUT2D eigenvalue weighted by Crippen LogP contribution is -2.30. The van der Waals surface area contributed by atoms with Gasteiger partial charge in [0.15, 0.2) is 0 Å². The van der Waals surface area contributed by atoms with Crippen LogP contribution >= 0.6 is 0 Å². The zero-order valence-corrected chi connectivity index (χ0v) is 10.1. The lowest BCUT2D eigenvalue weighted by Gasteiger charge is -2.25. The molecule has 90 valence electrons. The Morgan fingerprint density at radius 3 is 3.12 bits per heavy atom. The maximum Gasteiger partial charge on any atom is 0.211 e. The van der Waals surface area contributed by atoms with Gasteiger partial charge in [0.2, 0.25) is 5.89 Å². The minimum absolute atomic E-state index is 0.367. The number of aromatic nitrogens is 1. The van der Waals surface area contributed by atoms with E-state index >= 15 is 0 Å². The monoisotopic (exact) mass is 223 g/mol. The second kappa shape index (κ2) is 4.97. The first-order valence-electron chi connectivity index (χ1n) is 6.12. The zero-order valence-electron chi connectivity index (χ0n) is 10.1. The molecule has 4 nitrogen and oxygen atoms in total. The van der Waals surface area contributed by atoms with Crippen molar-refractivity contribution in [3.8, 4) is 0 Å². The van der Waals surface area contributed by atoms with Gasteiger partial charge in [0.05, 0.1) is 12.2 Å². The van der Waals surface area contributed by atoms with Gasteiger partial charge >= 0.3 is 0 Å². The van der Waals surface area contributed by atoms with Crippen LogP contribution in [0.4, 0.5) is 0 Å². The van der Waals surface area contributed by atoms with E-state index in [0.29, 0.717) is 18.6 Å². The van der Waals surface area contributed by atoms with Crippen LogP contribution < -0.4 is 5.73 Å². The third-order valence-corrected chi connectivity index (χ3v) is 3.20. The molecule has 0 aliphatic carbocycles. The average molecular weight is 223 g/mol. The molecule has 2 rings (SSSR count). The standard InChI is InChI=1S/C12H21N3O/c1-9(2)15-7-3-4-11(15)12-14-8-10(16-12)5-6-13/h8-9,11H,3-7,13H2,1-2H3. The SMILES string of the molecule is CC(C)N1CCCC1c1ncc(CCN)o1. The summed E-state index contributed by atoms with van der Waals surface area (Å²) in [4.78, 5) is 6.84. The quantitative estimate of drug-likeness (QED) is 0.844. The van der Waals surface area contributed by atoms with Crippen molar-refractivity contribution in [2.45, 2.75) is 45.2 Å². The Morgan fingerprint density at radius 1 is 1.62 bits per heavy atom. The van der Waals surface area contributed by atoms with E-state index in [0.717, 1.165) is 31.0 Å². The van der Waals surface area contributed by atoms with Gasteiger partial charge in [0, 0.05) is 12.5 Å². The summed E-state index contributed by atoms with van der Waals surface area (Å²) >= 11 is 0. The van der Waals surface area contributed by atoms with Crippen LogP contribution in [0.15, 0.2) is 10.6 Å². The number of nitrogens with two attached hydrogens (primary N) is 1. The predicted molar refractivity (Wildman–Crippen MR) is 63.1 cm³/mol. The molecule has 0 aromatic carbocycles. The first-order valence-corrected chi connectivity index (χ1v) is 6.12. The average Bonchev–Trinajstić information content (AvgIpc) is 2.83. The van der Waals surface area contributed by atoms with Crippen LogP contribution in [0.3, 0.4) is 0 Å². The second-order valence-corrected chi connectivity index (χ2v) is 4.69. The molecule has 1 aromatic rings. The van der Waals surface area contributed by atoms with Crippen molar-refractivity contribution < 1.29 is 4.42 Å². The second-order valence-electron chi connectivity index (χ2n) is 4.69. The van der Waals surface area contributed by atoms with Gasteiger partial charge in [0.1, 0.15) is 5.76 Å². The Bertz CT molecular complexity index is 335. The molecule has 1 unspecified atom stereocenters. The van der Waals surface area contributed by atoms with Crippen LogP contribution in [-0.4, -0.2) is 29.0 Å². The highest BCUT2D eigenvalue weighted by Gasteiger charge is 2.31. The van der Waals surface area contributed by atoms with Crippen LogP contribution in [0.2, 0.25) is 0 Å². The summed E-state index contributed by atoms with van der Waals surface area (Å²) in [5.74, 6) is 1.78. The summed E-state index contributed by atoms with van der Waals surface area (Å²) in [6, 6.07) is 0.920. The lowest BCUT2D eigenvalue weighted by atomic mass is 10.2. The molecule has 0 spiro atoms. The van der Waals surface area contributed by atoms with E-state index in [1.807, 2.05) is 6.20 Å². The fraction of sp³-hybridized carbons (Fsp3) is 0.750. The van der Waals surface area contributed by atoms with Crippen molar-refractivity contribution in [3.63, 3.8) is 0 Å². The fourth-order valence-corrected chi connectivity index (χ4v) is 2.41. The van der Waals surface area contributed by atoms with Gasteiger partial charge in [-0.2, -0.15) is 0 Å². The molecule has 0 bridgehead atoms. The Balaban J connectivity index is 2.10.